The molecule has 4 aliphatic heterocycles. The molecule has 8 aliphatic rings. The van der Waals surface area contributed by atoms with Gasteiger partial charge in [-0.05, 0) is 98.4 Å². The number of fused-ring (bicyclic) bond motifs is 5. The van der Waals surface area contributed by atoms with Gasteiger partial charge in [0.25, 0.3) is 0 Å². The van der Waals surface area contributed by atoms with Gasteiger partial charge in [0.15, 0.2) is 30.9 Å². The first-order valence-electron chi connectivity index (χ1n) is 23.2. The maximum Gasteiger partial charge on any atom is 0.187 e. The molecular weight excluding hydrogens is 864 g/mol. The molecule has 65 heavy (non-hydrogen) atoms. The lowest BCUT2D eigenvalue weighted by molar-refractivity contribution is -0.404. The van der Waals surface area contributed by atoms with E-state index >= 15 is 0 Å². The molecule has 12 N–H and O–H groups in total. The lowest BCUT2D eigenvalue weighted by Crippen LogP contribution is -2.68. The molecule has 4 saturated heterocycles. The molecule has 0 radical (unpaired) electrons. The highest BCUT2D eigenvalue weighted by atomic mass is 16.8. The number of carbonyl (C=O) groups is 1. The van der Waals surface area contributed by atoms with Crippen molar-refractivity contribution < 1.29 is 104 Å². The van der Waals surface area contributed by atoms with Crippen LogP contribution in [0.1, 0.15) is 72.1 Å². The average molecular weight is 935 g/mol. The molecule has 7 fully saturated rings. The Morgan fingerprint density at radius 2 is 1.22 bits per heavy atom. The van der Waals surface area contributed by atoms with Crippen LogP contribution >= 0.6 is 0 Å². The van der Waals surface area contributed by atoms with Gasteiger partial charge in [0.1, 0.15) is 91.6 Å². The summed E-state index contributed by atoms with van der Waals surface area (Å²) in [6.45, 7) is 3.32. The van der Waals surface area contributed by atoms with Crippen LogP contribution < -0.4 is 0 Å². The third-order valence-electron chi connectivity index (χ3n) is 16.7. The van der Waals surface area contributed by atoms with Crippen molar-refractivity contribution in [2.45, 2.75) is 195 Å². The second-order valence-electron chi connectivity index (χ2n) is 20.2. The van der Waals surface area contributed by atoms with Crippen LogP contribution in [-0.2, 0) is 42.7 Å². The molecule has 0 aromatic carbocycles. The standard InChI is InChI=1S/C44H70O21/c1-17(48)21-6-7-22-20-5-4-18-12-19(8-10-43(18,2)23(20)9-11-44(21,22)3)59-40-35(57)32(54)36(27(15-47)62-40)63-42-38(65-41-34(56)31(53)29(51)25(13-45)60-41)37(30(52)26(14-46)61-42)64-39-33(55)28(50)24(49)16-58-39/h6,18-20,22-42,45-47,49-57H,4-5,7-16H2,1-3H3/t18-,19-,20+,22-,23-,24-,25-,26-,27-,28+,29-,30-,31+,32-,33-,34-,35-,36-,37+,38-,39+,40-,41+,42+,43-,44-/m0/s1. The van der Waals surface area contributed by atoms with Crippen molar-refractivity contribution in [2.24, 2.45) is 34.5 Å². The van der Waals surface area contributed by atoms with E-state index in [0.717, 1.165) is 44.1 Å². The molecule has 4 aliphatic carbocycles. The van der Waals surface area contributed by atoms with Gasteiger partial charge >= 0.3 is 0 Å². The van der Waals surface area contributed by atoms with Crippen LogP contribution in [0, 0.1) is 34.5 Å². The number of ketones is 1. The third kappa shape index (κ3) is 9.03. The highest BCUT2D eigenvalue weighted by Crippen LogP contribution is 2.66. The van der Waals surface area contributed by atoms with Crippen molar-refractivity contribution in [3.63, 3.8) is 0 Å². The van der Waals surface area contributed by atoms with E-state index in [1.807, 2.05) is 0 Å². The number of hydrogen-bond acceptors (Lipinski definition) is 21. The molecule has 21 nitrogen and oxygen atoms in total. The number of rotatable bonds is 12. The number of aliphatic hydroxyl groups is 12. The Kier molecular flexibility index (Phi) is 15.2. The summed E-state index contributed by atoms with van der Waals surface area (Å²) in [4.78, 5) is 12.6. The molecule has 372 valence electrons. The van der Waals surface area contributed by atoms with Crippen LogP contribution in [0.3, 0.4) is 0 Å². The molecule has 0 spiro atoms. The minimum atomic E-state index is -2.00. The normalized spacial score (nSPS) is 53.7. The maximum absolute atomic E-state index is 12.6. The van der Waals surface area contributed by atoms with Gasteiger partial charge in [0.2, 0.25) is 0 Å². The van der Waals surface area contributed by atoms with Crippen LogP contribution in [0.5, 0.6) is 0 Å². The van der Waals surface area contributed by atoms with Gasteiger partial charge in [0.05, 0.1) is 32.5 Å². The second-order valence-corrected chi connectivity index (χ2v) is 20.2. The van der Waals surface area contributed by atoms with Gasteiger partial charge in [-0.3, -0.25) is 4.79 Å². The number of carbonyl (C=O) groups excluding carboxylic acids is 1. The Morgan fingerprint density at radius 1 is 0.615 bits per heavy atom. The molecule has 0 amide bonds. The fraction of sp³-hybridized carbons (Fsp3) is 0.932. The van der Waals surface area contributed by atoms with Crippen LogP contribution in [0.15, 0.2) is 11.6 Å². The summed E-state index contributed by atoms with van der Waals surface area (Å²) in [5.74, 6) is 1.96. The summed E-state index contributed by atoms with van der Waals surface area (Å²) < 4.78 is 47.5. The minimum Gasteiger partial charge on any atom is -0.394 e. The topological polar surface area (TPSA) is 334 Å². The van der Waals surface area contributed by atoms with Crippen molar-refractivity contribution in [3.05, 3.63) is 11.6 Å². The van der Waals surface area contributed by atoms with Gasteiger partial charge in [-0.15, -0.1) is 0 Å². The van der Waals surface area contributed by atoms with Gasteiger partial charge in [-0.25, -0.2) is 0 Å². The monoisotopic (exact) mass is 934 g/mol. The summed E-state index contributed by atoms with van der Waals surface area (Å²) in [7, 11) is 0. The largest absolute Gasteiger partial charge is 0.394 e. The van der Waals surface area contributed by atoms with Gasteiger partial charge < -0.3 is 99.2 Å². The summed E-state index contributed by atoms with van der Waals surface area (Å²) >= 11 is 0. The zero-order valence-electron chi connectivity index (χ0n) is 37.0. The zero-order chi connectivity index (χ0) is 46.9. The third-order valence-corrected chi connectivity index (χ3v) is 16.7. The van der Waals surface area contributed by atoms with E-state index < -0.39 is 143 Å². The van der Waals surface area contributed by atoms with Crippen molar-refractivity contribution in [2.75, 3.05) is 26.4 Å². The molecule has 0 bridgehead atoms. The predicted octanol–water partition coefficient (Wildman–Crippen LogP) is -3.55. The smallest absolute Gasteiger partial charge is 0.187 e. The molecule has 4 heterocycles. The number of Topliss-reactive ketones (excluding diaryl/α,β-unsaturated/α-hetero) is 1. The van der Waals surface area contributed by atoms with Crippen LogP contribution in [0.25, 0.3) is 0 Å². The van der Waals surface area contributed by atoms with Crippen molar-refractivity contribution in [3.8, 4) is 0 Å². The number of ether oxygens (including phenoxy) is 8. The Labute approximate surface area is 376 Å². The quantitative estimate of drug-likeness (QED) is 0.0843. The Balaban J connectivity index is 0.972. The van der Waals surface area contributed by atoms with Gasteiger partial charge in [0, 0.05) is 0 Å². The molecule has 0 aromatic rings. The van der Waals surface area contributed by atoms with Crippen LogP contribution in [-0.4, -0.2) is 216 Å². The van der Waals surface area contributed by atoms with E-state index in [1.165, 1.54) is 0 Å². The SMILES string of the molecule is CC(=O)C1=CC[C@H]2[C@H]3CC[C@H]4C[C@@H](O[C@H]5O[C@@H](CO)[C@H](O[C@H]6O[C@@H](CO)[C@H](O)[C@@H](O[C@H]7OC[C@H](O)[C@@H](O)[C@@H]7O)[C@@H]6O[C@H]6O[C@@H](CO)[C@H](O)[C@@H](O)[C@@H]6O)[C@@H](O)[C@@H]5O)CC[C@]4(C)[C@H]3CC[C@@]12C. The second kappa shape index (κ2) is 19.8. The Hall–Kier alpha value is -1.39. The molecule has 8 rings (SSSR count). The maximum atomic E-state index is 12.6. The van der Waals surface area contributed by atoms with Gasteiger partial charge in [-0.2, -0.15) is 0 Å². The van der Waals surface area contributed by atoms with E-state index in [4.69, 9.17) is 37.9 Å². The van der Waals surface area contributed by atoms with E-state index in [9.17, 15) is 66.1 Å². The summed E-state index contributed by atoms with van der Waals surface area (Å²) in [6.07, 6.45) is -23.9. The number of allylic oxidation sites excluding steroid dienone is 2. The lowest BCUT2D eigenvalue weighted by atomic mass is 9.44. The fourth-order valence-corrected chi connectivity index (χ4v) is 13.0. The molecule has 3 saturated carbocycles. The zero-order valence-corrected chi connectivity index (χ0v) is 37.0. The Morgan fingerprint density at radius 3 is 1.91 bits per heavy atom. The predicted molar refractivity (Wildman–Crippen MR) is 216 cm³/mol. The van der Waals surface area contributed by atoms with E-state index in [1.54, 1.807) is 6.92 Å². The van der Waals surface area contributed by atoms with Crippen molar-refractivity contribution in [1.29, 1.82) is 0 Å². The highest BCUT2D eigenvalue weighted by Gasteiger charge is 2.61. The molecular formula is C44H70O21. The molecule has 21 heteroatoms. The van der Waals surface area contributed by atoms with Gasteiger partial charge in [-0.1, -0.05) is 19.9 Å². The van der Waals surface area contributed by atoms with Crippen molar-refractivity contribution >= 4 is 5.78 Å². The highest BCUT2D eigenvalue weighted by molar-refractivity contribution is 5.95. The summed E-state index contributed by atoms with van der Waals surface area (Å²) in [5.41, 5.74) is 0.957. The molecule has 0 unspecified atom stereocenters. The molecule has 0 aromatic heterocycles. The van der Waals surface area contributed by atoms with Crippen LogP contribution in [0.4, 0.5) is 0 Å². The summed E-state index contributed by atoms with van der Waals surface area (Å²) in [5, 5.41) is 128. The fourth-order valence-electron chi connectivity index (χ4n) is 13.0. The number of aliphatic hydroxyl groups excluding tert-OH is 12. The average Bonchev–Trinajstić information content (AvgIpc) is 3.65. The first-order valence-corrected chi connectivity index (χ1v) is 23.2. The van der Waals surface area contributed by atoms with E-state index in [-0.39, 0.29) is 22.7 Å². The van der Waals surface area contributed by atoms with E-state index in [0.29, 0.717) is 36.5 Å². The van der Waals surface area contributed by atoms with Crippen LogP contribution in [0.2, 0.25) is 0 Å². The first-order chi connectivity index (χ1) is 30.9. The number of hydrogen-bond donors (Lipinski definition) is 12. The minimum absolute atomic E-state index is 0.0548. The molecule has 26 atom stereocenters. The Bertz CT molecular complexity index is 1670. The lowest BCUT2D eigenvalue weighted by Gasteiger charge is -2.61. The summed E-state index contributed by atoms with van der Waals surface area (Å²) in [6, 6.07) is 0. The first kappa shape index (κ1) is 50.0. The van der Waals surface area contributed by atoms with Crippen molar-refractivity contribution in [1.82, 2.24) is 0 Å². The van der Waals surface area contributed by atoms with E-state index in [2.05, 4.69) is 19.9 Å².